The molecular formula is C45H33N3Si. The molecule has 1 aliphatic heterocycles. The number of fused-ring (bicyclic) bond motifs is 5. The predicted molar refractivity (Wildman–Crippen MR) is 207 cm³/mol. The van der Waals surface area contributed by atoms with Gasteiger partial charge in [0.2, 0.25) is 0 Å². The molecule has 0 spiro atoms. The Morgan fingerprint density at radius 2 is 0.776 bits per heavy atom. The zero-order chi connectivity index (χ0) is 33.0. The van der Waals surface area contributed by atoms with E-state index >= 15 is 0 Å². The van der Waals surface area contributed by atoms with Crippen LogP contribution in [0.5, 0.6) is 0 Å². The van der Waals surface area contributed by atoms with Gasteiger partial charge in [-0.15, -0.1) is 0 Å². The summed E-state index contributed by atoms with van der Waals surface area (Å²) in [5, 5.41) is 5.53. The first-order valence-corrected chi connectivity index (χ1v) is 19.8. The van der Waals surface area contributed by atoms with Gasteiger partial charge < -0.3 is 0 Å². The van der Waals surface area contributed by atoms with Gasteiger partial charge in [0.1, 0.15) is 8.07 Å². The first-order valence-electron chi connectivity index (χ1n) is 16.8. The maximum absolute atomic E-state index is 5.24. The Labute approximate surface area is 287 Å². The van der Waals surface area contributed by atoms with Gasteiger partial charge >= 0.3 is 0 Å². The lowest BCUT2D eigenvalue weighted by Crippen LogP contribution is -2.50. The van der Waals surface area contributed by atoms with Crippen molar-refractivity contribution in [1.82, 2.24) is 15.0 Å². The lowest BCUT2D eigenvalue weighted by atomic mass is 9.99. The fraction of sp³-hybridized carbons (Fsp3) is 0.0444. The minimum Gasteiger partial charge on any atom is -0.208 e. The summed E-state index contributed by atoms with van der Waals surface area (Å²) in [6.45, 7) is 4.95. The second-order valence-electron chi connectivity index (χ2n) is 13.3. The van der Waals surface area contributed by atoms with E-state index < -0.39 is 8.07 Å². The molecule has 0 fully saturated rings. The summed E-state index contributed by atoms with van der Waals surface area (Å²) in [6, 6.07) is 58.0. The van der Waals surface area contributed by atoms with Crippen LogP contribution in [0.3, 0.4) is 0 Å². The van der Waals surface area contributed by atoms with Crippen LogP contribution < -0.4 is 10.4 Å². The minimum atomic E-state index is -2.16. The van der Waals surface area contributed by atoms with Crippen molar-refractivity contribution in [2.24, 2.45) is 0 Å². The topological polar surface area (TPSA) is 38.7 Å². The maximum Gasteiger partial charge on any atom is 0.164 e. The number of rotatable bonds is 5. The van der Waals surface area contributed by atoms with E-state index in [1.807, 2.05) is 12.1 Å². The Hall–Kier alpha value is -5.97. The molecule has 49 heavy (non-hydrogen) atoms. The standard InChI is InChI=1S/C45H33N3Si/c1-49(2)41-37-17-10-9-16-34(37)28-29-39(41)38-18-11-19-40(42(38)49)45-47-43(35-24-20-32(21-25-35)30-12-5-3-6-13-30)46-44(48-45)36-26-22-33(23-27-36)31-14-7-4-8-15-31/h3-29H,1-2H3. The summed E-state index contributed by atoms with van der Waals surface area (Å²) < 4.78 is 0. The summed E-state index contributed by atoms with van der Waals surface area (Å²) in [7, 11) is -2.16. The summed E-state index contributed by atoms with van der Waals surface area (Å²) in [5.41, 5.74) is 10.4. The number of benzene rings is 7. The smallest absolute Gasteiger partial charge is 0.164 e. The molecule has 9 rings (SSSR count). The molecule has 0 unspecified atom stereocenters. The van der Waals surface area contributed by atoms with Gasteiger partial charge in [-0.2, -0.15) is 0 Å². The van der Waals surface area contributed by atoms with Crippen LogP contribution in [-0.4, -0.2) is 23.0 Å². The normalized spacial score (nSPS) is 12.9. The monoisotopic (exact) mass is 643 g/mol. The minimum absolute atomic E-state index is 0.671. The van der Waals surface area contributed by atoms with Crippen molar-refractivity contribution < 1.29 is 0 Å². The van der Waals surface area contributed by atoms with Gasteiger partial charge in [0, 0.05) is 16.7 Å². The maximum atomic E-state index is 5.24. The highest BCUT2D eigenvalue weighted by molar-refractivity contribution is 7.05. The van der Waals surface area contributed by atoms with Crippen LogP contribution in [0.4, 0.5) is 0 Å². The number of nitrogens with zero attached hydrogens (tertiary/aromatic N) is 3. The van der Waals surface area contributed by atoms with Crippen LogP contribution in [0.25, 0.3) is 78.3 Å². The lowest BCUT2D eigenvalue weighted by molar-refractivity contribution is 1.08. The Bertz CT molecular complexity index is 2390. The average Bonchev–Trinajstić information content (AvgIpc) is 3.42. The van der Waals surface area contributed by atoms with E-state index in [4.69, 9.17) is 15.0 Å². The highest BCUT2D eigenvalue weighted by atomic mass is 28.3. The molecule has 3 nitrogen and oxygen atoms in total. The molecule has 0 saturated carbocycles. The molecule has 232 valence electrons. The average molecular weight is 644 g/mol. The third kappa shape index (κ3) is 5.00. The molecule has 0 saturated heterocycles. The first-order chi connectivity index (χ1) is 24.0. The highest BCUT2D eigenvalue weighted by Gasteiger charge is 2.41. The van der Waals surface area contributed by atoms with Crippen LogP contribution in [0.1, 0.15) is 0 Å². The van der Waals surface area contributed by atoms with E-state index in [-0.39, 0.29) is 0 Å². The zero-order valence-corrected chi connectivity index (χ0v) is 28.4. The van der Waals surface area contributed by atoms with E-state index in [0.717, 1.165) is 27.8 Å². The molecule has 1 aliphatic rings. The van der Waals surface area contributed by atoms with Crippen molar-refractivity contribution in [3.8, 4) is 67.5 Å². The molecule has 8 aromatic rings. The second-order valence-corrected chi connectivity index (χ2v) is 17.5. The summed E-state index contributed by atoms with van der Waals surface area (Å²) in [6.07, 6.45) is 0. The molecule has 0 radical (unpaired) electrons. The van der Waals surface area contributed by atoms with E-state index in [2.05, 4.69) is 165 Å². The van der Waals surface area contributed by atoms with Gasteiger partial charge in [-0.05, 0) is 54.5 Å². The summed E-state index contributed by atoms with van der Waals surface area (Å²) in [4.78, 5) is 15.6. The van der Waals surface area contributed by atoms with E-state index in [0.29, 0.717) is 17.5 Å². The number of hydrogen-bond donors (Lipinski definition) is 0. The first kappa shape index (κ1) is 29.2. The third-order valence-corrected chi connectivity index (χ3v) is 13.5. The Kier molecular flexibility index (Phi) is 6.92. The van der Waals surface area contributed by atoms with Crippen molar-refractivity contribution in [2.45, 2.75) is 13.1 Å². The number of aromatic nitrogens is 3. The van der Waals surface area contributed by atoms with E-state index in [1.54, 1.807) is 0 Å². The van der Waals surface area contributed by atoms with Gasteiger partial charge in [-0.1, -0.05) is 177 Å². The molecular weight excluding hydrogens is 611 g/mol. The van der Waals surface area contributed by atoms with Crippen LogP contribution in [-0.2, 0) is 0 Å². The Morgan fingerprint density at radius 3 is 1.37 bits per heavy atom. The third-order valence-electron chi connectivity index (χ3n) is 9.91. The van der Waals surface area contributed by atoms with Gasteiger partial charge in [-0.3, -0.25) is 0 Å². The van der Waals surface area contributed by atoms with Crippen LogP contribution >= 0.6 is 0 Å². The second kappa shape index (κ2) is 11.6. The van der Waals surface area contributed by atoms with Crippen molar-refractivity contribution in [2.75, 3.05) is 0 Å². The molecule has 2 heterocycles. The largest absolute Gasteiger partial charge is 0.208 e. The number of hydrogen-bond acceptors (Lipinski definition) is 3. The highest BCUT2D eigenvalue weighted by Crippen LogP contribution is 2.36. The Balaban J connectivity index is 1.21. The van der Waals surface area contributed by atoms with Gasteiger partial charge in [-0.25, -0.2) is 15.0 Å². The van der Waals surface area contributed by atoms with Crippen molar-refractivity contribution in [3.63, 3.8) is 0 Å². The van der Waals surface area contributed by atoms with Gasteiger partial charge in [0.25, 0.3) is 0 Å². The van der Waals surface area contributed by atoms with Crippen LogP contribution in [0.15, 0.2) is 164 Å². The fourth-order valence-electron chi connectivity index (χ4n) is 7.57. The van der Waals surface area contributed by atoms with Crippen molar-refractivity contribution >= 4 is 29.2 Å². The molecule has 0 bridgehead atoms. The van der Waals surface area contributed by atoms with Gasteiger partial charge in [0.15, 0.2) is 17.5 Å². The van der Waals surface area contributed by atoms with Crippen molar-refractivity contribution in [1.29, 1.82) is 0 Å². The fourth-order valence-corrected chi connectivity index (χ4v) is 11.4. The molecule has 0 amide bonds. The lowest BCUT2D eigenvalue weighted by Gasteiger charge is -2.23. The quantitative estimate of drug-likeness (QED) is 0.175. The summed E-state index contributed by atoms with van der Waals surface area (Å²) in [5.74, 6) is 2.06. The zero-order valence-electron chi connectivity index (χ0n) is 27.4. The van der Waals surface area contributed by atoms with Crippen LogP contribution in [0.2, 0.25) is 13.1 Å². The van der Waals surface area contributed by atoms with Crippen molar-refractivity contribution in [3.05, 3.63) is 164 Å². The Morgan fingerprint density at radius 1 is 0.327 bits per heavy atom. The molecule has 4 heteroatoms. The van der Waals surface area contributed by atoms with Crippen LogP contribution in [0, 0.1) is 0 Å². The van der Waals surface area contributed by atoms with Gasteiger partial charge in [0.05, 0.1) is 0 Å². The molecule has 1 aromatic heterocycles. The van der Waals surface area contributed by atoms with E-state index in [9.17, 15) is 0 Å². The molecule has 7 aromatic carbocycles. The van der Waals surface area contributed by atoms with E-state index in [1.165, 1.54) is 43.4 Å². The molecule has 0 N–H and O–H groups in total. The summed E-state index contributed by atoms with van der Waals surface area (Å²) >= 11 is 0. The molecule has 0 aliphatic carbocycles. The predicted octanol–water partition coefficient (Wildman–Crippen LogP) is 10.2. The molecule has 0 atom stereocenters. The SMILES string of the molecule is C[Si]1(C)c2c(-c3nc(-c4ccc(-c5ccccc5)cc4)nc(-c4ccc(-c5ccccc5)cc4)n3)cccc2-c2ccc3ccccc3c21.